The van der Waals surface area contributed by atoms with Gasteiger partial charge >= 0.3 is 6.03 Å². The maximum atomic E-state index is 12.7. The van der Waals surface area contributed by atoms with Gasteiger partial charge in [-0.2, -0.15) is 0 Å². The summed E-state index contributed by atoms with van der Waals surface area (Å²) in [6.07, 6.45) is 1.90. The summed E-state index contributed by atoms with van der Waals surface area (Å²) in [6, 6.07) is 14.7. The van der Waals surface area contributed by atoms with Gasteiger partial charge in [0.05, 0.1) is 11.9 Å². The molecule has 2 heterocycles. The third-order valence-corrected chi connectivity index (χ3v) is 6.70. The van der Waals surface area contributed by atoms with E-state index in [2.05, 4.69) is 20.5 Å². The van der Waals surface area contributed by atoms with Crippen molar-refractivity contribution in [3.8, 4) is 22.8 Å². The zero-order valence-electron chi connectivity index (χ0n) is 19.1. The minimum absolute atomic E-state index is 0.0913. The zero-order chi connectivity index (χ0) is 24.2. The summed E-state index contributed by atoms with van der Waals surface area (Å²) >= 11 is 1.23. The van der Waals surface area contributed by atoms with E-state index in [9.17, 15) is 9.59 Å². The largest absolute Gasteiger partial charge is 0.494 e. The van der Waals surface area contributed by atoms with E-state index >= 15 is 0 Å². The number of carbonyl (C=O) groups is 2. The maximum Gasteiger partial charge on any atom is 0.318 e. The highest BCUT2D eigenvalue weighted by molar-refractivity contribution is 8.00. The summed E-state index contributed by atoms with van der Waals surface area (Å²) in [7, 11) is 0. The number of fused-ring (bicyclic) bond motifs is 1. The number of nitrogens with two attached hydrogens (primary N) is 1. The minimum atomic E-state index is -0.885. The van der Waals surface area contributed by atoms with Crippen LogP contribution in [0.4, 0.5) is 4.79 Å². The number of primary amides is 1. The van der Waals surface area contributed by atoms with Crippen molar-refractivity contribution in [3.05, 3.63) is 54.7 Å². The third-order valence-electron chi connectivity index (χ3n) is 5.21. The SMILES string of the molecule is CCOc1ccc(-n2c(SC(C(=O)NC(N)=O)C(C)C)nnc2-c2c[nH]c3ccccc23)cc1. The molecule has 4 rings (SSSR count). The quantitative estimate of drug-likeness (QED) is 0.327. The summed E-state index contributed by atoms with van der Waals surface area (Å²) in [5.41, 5.74) is 7.85. The van der Waals surface area contributed by atoms with Gasteiger partial charge in [-0.1, -0.05) is 43.8 Å². The molecule has 9 nitrogen and oxygen atoms in total. The summed E-state index contributed by atoms with van der Waals surface area (Å²) in [5.74, 6) is 0.818. The number of hydrogen-bond acceptors (Lipinski definition) is 6. The summed E-state index contributed by atoms with van der Waals surface area (Å²) < 4.78 is 7.49. The van der Waals surface area contributed by atoms with Crippen molar-refractivity contribution >= 4 is 34.6 Å². The molecule has 2 aromatic carbocycles. The molecular formula is C24H26N6O3S. The number of rotatable bonds is 8. The Bertz CT molecular complexity index is 1310. The van der Waals surface area contributed by atoms with Crippen molar-refractivity contribution in [1.29, 1.82) is 0 Å². The molecule has 0 radical (unpaired) electrons. The van der Waals surface area contributed by atoms with Crippen molar-refractivity contribution < 1.29 is 14.3 Å². The first-order chi connectivity index (χ1) is 16.4. The van der Waals surface area contributed by atoms with E-state index in [1.54, 1.807) is 0 Å². The number of aromatic amines is 1. The molecule has 1 atom stereocenters. The highest BCUT2D eigenvalue weighted by Gasteiger charge is 2.28. The number of hydrogen-bond donors (Lipinski definition) is 3. The van der Waals surface area contributed by atoms with Crippen LogP contribution in [-0.2, 0) is 4.79 Å². The Balaban J connectivity index is 1.82. The van der Waals surface area contributed by atoms with Crippen LogP contribution < -0.4 is 15.8 Å². The average molecular weight is 479 g/mol. The van der Waals surface area contributed by atoms with E-state index in [1.807, 2.05) is 80.1 Å². The second kappa shape index (κ2) is 10.0. The predicted octanol–water partition coefficient (Wildman–Crippen LogP) is 4.13. The van der Waals surface area contributed by atoms with Crippen molar-refractivity contribution in [2.24, 2.45) is 11.7 Å². The van der Waals surface area contributed by atoms with Crippen LogP contribution in [0, 0.1) is 5.92 Å². The number of nitrogens with zero attached hydrogens (tertiary/aromatic N) is 3. The fraction of sp³-hybridized carbons (Fsp3) is 0.250. The van der Waals surface area contributed by atoms with Crippen molar-refractivity contribution in [1.82, 2.24) is 25.1 Å². The highest BCUT2D eigenvalue weighted by Crippen LogP contribution is 2.35. The molecule has 0 aliphatic rings. The summed E-state index contributed by atoms with van der Waals surface area (Å²) in [4.78, 5) is 27.2. The van der Waals surface area contributed by atoms with Gasteiger partial charge < -0.3 is 15.5 Å². The van der Waals surface area contributed by atoms with Crippen LogP contribution in [0.5, 0.6) is 5.75 Å². The standard InChI is InChI=1S/C24H26N6O3S/c1-4-33-16-11-9-15(10-12-16)30-21(18-13-26-19-8-6-5-7-17(18)19)28-29-24(30)34-20(14(2)3)22(31)27-23(25)32/h5-14,20,26H,4H2,1-3H3,(H3,25,27,31,32). The predicted molar refractivity (Wildman–Crippen MR) is 132 cm³/mol. The minimum Gasteiger partial charge on any atom is -0.494 e. The van der Waals surface area contributed by atoms with E-state index < -0.39 is 17.2 Å². The highest BCUT2D eigenvalue weighted by atomic mass is 32.2. The second-order valence-corrected chi connectivity index (χ2v) is 9.06. The first-order valence-corrected chi connectivity index (χ1v) is 11.8. The van der Waals surface area contributed by atoms with Crippen LogP contribution in [-0.4, -0.2) is 43.5 Å². The Morgan fingerprint density at radius 3 is 2.56 bits per heavy atom. The monoisotopic (exact) mass is 478 g/mol. The first kappa shape index (κ1) is 23.4. The number of aromatic nitrogens is 4. The van der Waals surface area contributed by atoms with Crippen LogP contribution in [0.25, 0.3) is 28.0 Å². The number of imide groups is 1. The van der Waals surface area contributed by atoms with Crippen LogP contribution in [0.1, 0.15) is 20.8 Å². The summed E-state index contributed by atoms with van der Waals surface area (Å²) in [5, 5.41) is 12.0. The Morgan fingerprint density at radius 1 is 1.15 bits per heavy atom. The lowest BCUT2D eigenvalue weighted by Gasteiger charge is -2.19. The number of benzene rings is 2. The van der Waals surface area contributed by atoms with Gasteiger partial charge in [-0.15, -0.1) is 10.2 Å². The average Bonchev–Trinajstić information content (AvgIpc) is 3.41. The molecule has 0 bridgehead atoms. The number of carbonyl (C=O) groups excluding carboxylic acids is 2. The van der Waals surface area contributed by atoms with Gasteiger partial charge in [0, 0.05) is 28.4 Å². The molecule has 0 fully saturated rings. The van der Waals surface area contributed by atoms with Gasteiger partial charge in [0.15, 0.2) is 11.0 Å². The lowest BCUT2D eigenvalue weighted by Crippen LogP contribution is -2.42. The fourth-order valence-electron chi connectivity index (χ4n) is 3.67. The Labute approximate surface area is 201 Å². The molecule has 1 unspecified atom stereocenters. The number of thioether (sulfide) groups is 1. The third kappa shape index (κ3) is 4.76. The molecule has 2 aromatic heterocycles. The molecule has 0 saturated heterocycles. The number of urea groups is 1. The Kier molecular flexibility index (Phi) is 6.87. The topological polar surface area (TPSA) is 128 Å². The number of nitrogens with one attached hydrogen (secondary N) is 2. The molecule has 0 spiro atoms. The zero-order valence-corrected chi connectivity index (χ0v) is 19.9. The molecule has 3 amide bonds. The molecule has 10 heteroatoms. The van der Waals surface area contributed by atoms with E-state index in [0.717, 1.165) is 27.9 Å². The van der Waals surface area contributed by atoms with Gasteiger partial charge in [0.1, 0.15) is 5.75 Å². The van der Waals surface area contributed by atoms with Crippen LogP contribution >= 0.6 is 11.8 Å². The van der Waals surface area contributed by atoms with Gasteiger partial charge in [-0.05, 0) is 43.2 Å². The number of amides is 3. The molecule has 0 aliphatic carbocycles. The van der Waals surface area contributed by atoms with E-state index in [4.69, 9.17) is 10.5 Å². The van der Waals surface area contributed by atoms with Crippen molar-refractivity contribution in [3.63, 3.8) is 0 Å². The van der Waals surface area contributed by atoms with Gasteiger partial charge in [0.2, 0.25) is 5.91 Å². The van der Waals surface area contributed by atoms with Gasteiger partial charge in [-0.3, -0.25) is 14.7 Å². The molecule has 4 N–H and O–H groups in total. The lowest BCUT2D eigenvalue weighted by atomic mass is 10.1. The van der Waals surface area contributed by atoms with E-state index in [0.29, 0.717) is 17.6 Å². The second-order valence-electron chi connectivity index (χ2n) is 7.95. The van der Waals surface area contributed by atoms with Gasteiger partial charge in [-0.25, -0.2) is 4.79 Å². The fourth-order valence-corrected chi connectivity index (χ4v) is 4.72. The maximum absolute atomic E-state index is 12.7. The van der Waals surface area contributed by atoms with E-state index in [-0.39, 0.29) is 5.92 Å². The first-order valence-electron chi connectivity index (χ1n) is 10.9. The molecular weight excluding hydrogens is 452 g/mol. The molecule has 0 saturated carbocycles. The molecule has 4 aromatic rings. The lowest BCUT2D eigenvalue weighted by molar-refractivity contribution is -0.120. The van der Waals surface area contributed by atoms with Crippen molar-refractivity contribution in [2.75, 3.05) is 6.61 Å². The number of H-pyrrole nitrogens is 1. The molecule has 34 heavy (non-hydrogen) atoms. The smallest absolute Gasteiger partial charge is 0.318 e. The number of ether oxygens (including phenoxy) is 1. The van der Waals surface area contributed by atoms with Gasteiger partial charge in [0.25, 0.3) is 0 Å². The number of para-hydroxylation sites is 1. The van der Waals surface area contributed by atoms with Crippen LogP contribution in [0.2, 0.25) is 0 Å². The van der Waals surface area contributed by atoms with Crippen LogP contribution in [0.3, 0.4) is 0 Å². The normalized spacial score (nSPS) is 12.1. The van der Waals surface area contributed by atoms with Crippen molar-refractivity contribution in [2.45, 2.75) is 31.2 Å². The van der Waals surface area contributed by atoms with Crippen LogP contribution in [0.15, 0.2) is 59.9 Å². The Morgan fingerprint density at radius 2 is 1.88 bits per heavy atom. The Hall–Kier alpha value is -3.79. The molecule has 0 aliphatic heterocycles. The van der Waals surface area contributed by atoms with E-state index in [1.165, 1.54) is 11.8 Å². The molecule has 176 valence electrons. The summed E-state index contributed by atoms with van der Waals surface area (Å²) in [6.45, 7) is 6.30.